The maximum absolute atomic E-state index is 12.2. The van der Waals surface area contributed by atoms with Gasteiger partial charge in [0.1, 0.15) is 12.4 Å². The predicted octanol–water partition coefficient (Wildman–Crippen LogP) is 5.83. The van der Waals surface area contributed by atoms with E-state index in [1.807, 2.05) is 56.3 Å². The molecule has 6 nitrogen and oxygen atoms in total. The van der Waals surface area contributed by atoms with E-state index in [0.29, 0.717) is 17.5 Å². The molecule has 0 saturated carbocycles. The minimum atomic E-state index is -0.239. The molecular weight excluding hydrogens is 512 g/mol. The zero-order chi connectivity index (χ0) is 23.9. The van der Waals surface area contributed by atoms with E-state index in [-0.39, 0.29) is 11.7 Å². The van der Waals surface area contributed by atoms with Crippen molar-refractivity contribution in [3.05, 3.63) is 93.7 Å². The van der Waals surface area contributed by atoms with E-state index in [2.05, 4.69) is 60.7 Å². The fraction of sp³-hybridized carbons (Fsp3) is 0.154. The van der Waals surface area contributed by atoms with Gasteiger partial charge in [0.15, 0.2) is 5.16 Å². The fourth-order valence-electron chi connectivity index (χ4n) is 3.42. The number of benzene rings is 3. The van der Waals surface area contributed by atoms with E-state index in [1.54, 1.807) is 6.21 Å². The van der Waals surface area contributed by atoms with Gasteiger partial charge in [-0.25, -0.2) is 15.4 Å². The second kappa shape index (κ2) is 11.3. The zero-order valence-corrected chi connectivity index (χ0v) is 21.2. The van der Waals surface area contributed by atoms with Gasteiger partial charge in [0.2, 0.25) is 0 Å². The lowest BCUT2D eigenvalue weighted by molar-refractivity contribution is -0.118. The SMILES string of the molecule is Cc1cc(C)nc(SCC(=O)NN=Cc2cc(Br)ccc2OCc2cccc3ccccc23)n1. The largest absolute Gasteiger partial charge is 0.488 e. The number of carbonyl (C=O) groups is 1. The summed E-state index contributed by atoms with van der Waals surface area (Å²) in [5.74, 6) is 0.604. The van der Waals surface area contributed by atoms with Crippen LogP contribution >= 0.6 is 27.7 Å². The number of aryl methyl sites for hydroxylation is 2. The Morgan fingerprint density at radius 1 is 1.06 bits per heavy atom. The molecule has 0 spiro atoms. The molecule has 172 valence electrons. The first-order valence-corrected chi connectivity index (χ1v) is 12.4. The predicted molar refractivity (Wildman–Crippen MR) is 140 cm³/mol. The van der Waals surface area contributed by atoms with Crippen molar-refractivity contribution in [1.29, 1.82) is 0 Å². The molecule has 34 heavy (non-hydrogen) atoms. The summed E-state index contributed by atoms with van der Waals surface area (Å²) in [7, 11) is 0. The highest BCUT2D eigenvalue weighted by atomic mass is 79.9. The average molecular weight is 535 g/mol. The normalized spacial score (nSPS) is 11.1. The molecule has 4 aromatic rings. The van der Waals surface area contributed by atoms with Crippen LogP contribution in [0.15, 0.2) is 81.5 Å². The van der Waals surface area contributed by atoms with Gasteiger partial charge in [-0.3, -0.25) is 4.79 Å². The molecule has 1 N–H and O–H groups in total. The number of thioether (sulfide) groups is 1. The van der Waals surface area contributed by atoms with Crippen LogP contribution < -0.4 is 10.2 Å². The van der Waals surface area contributed by atoms with Gasteiger partial charge in [-0.15, -0.1) is 0 Å². The Morgan fingerprint density at radius 3 is 2.65 bits per heavy atom. The fourth-order valence-corrected chi connectivity index (χ4v) is 4.54. The number of aromatic nitrogens is 2. The Labute approximate surface area is 211 Å². The van der Waals surface area contributed by atoms with Gasteiger partial charge in [0.05, 0.1) is 12.0 Å². The number of nitrogens with zero attached hydrogens (tertiary/aromatic N) is 3. The molecule has 1 aromatic heterocycles. The molecule has 0 unspecified atom stereocenters. The second-order valence-electron chi connectivity index (χ2n) is 7.62. The second-order valence-corrected chi connectivity index (χ2v) is 9.48. The summed E-state index contributed by atoms with van der Waals surface area (Å²) in [6.45, 7) is 4.23. The molecule has 3 aromatic carbocycles. The van der Waals surface area contributed by atoms with Crippen molar-refractivity contribution in [3.8, 4) is 5.75 Å². The van der Waals surface area contributed by atoms with Crippen molar-refractivity contribution in [1.82, 2.24) is 15.4 Å². The lowest BCUT2D eigenvalue weighted by Gasteiger charge is -2.11. The van der Waals surface area contributed by atoms with Crippen LogP contribution in [0.1, 0.15) is 22.5 Å². The zero-order valence-electron chi connectivity index (χ0n) is 18.8. The first kappa shape index (κ1) is 23.9. The number of carbonyl (C=O) groups excluding carboxylic acids is 1. The van der Waals surface area contributed by atoms with Gasteiger partial charge >= 0.3 is 0 Å². The molecule has 0 aliphatic rings. The number of amides is 1. The van der Waals surface area contributed by atoms with Crippen molar-refractivity contribution in [2.75, 3.05) is 5.75 Å². The average Bonchev–Trinajstić information content (AvgIpc) is 2.82. The van der Waals surface area contributed by atoms with Gasteiger partial charge in [0.25, 0.3) is 5.91 Å². The van der Waals surface area contributed by atoms with Crippen LogP contribution in [0, 0.1) is 13.8 Å². The highest BCUT2D eigenvalue weighted by Crippen LogP contribution is 2.25. The van der Waals surface area contributed by atoms with Crippen LogP contribution in [0.5, 0.6) is 5.75 Å². The lowest BCUT2D eigenvalue weighted by atomic mass is 10.1. The van der Waals surface area contributed by atoms with Crippen molar-refractivity contribution in [2.45, 2.75) is 25.6 Å². The summed E-state index contributed by atoms with van der Waals surface area (Å²) in [6.07, 6.45) is 1.58. The van der Waals surface area contributed by atoms with E-state index in [4.69, 9.17) is 4.74 Å². The molecule has 0 atom stereocenters. The molecule has 1 amide bonds. The Kier molecular flexibility index (Phi) is 7.92. The number of rotatable bonds is 8. The van der Waals surface area contributed by atoms with Crippen LogP contribution in [-0.4, -0.2) is 27.8 Å². The van der Waals surface area contributed by atoms with Crippen molar-refractivity contribution < 1.29 is 9.53 Å². The van der Waals surface area contributed by atoms with Crippen LogP contribution in [0.2, 0.25) is 0 Å². The number of nitrogens with one attached hydrogen (secondary N) is 1. The van der Waals surface area contributed by atoms with E-state index < -0.39 is 0 Å². The number of hydrogen-bond donors (Lipinski definition) is 1. The van der Waals surface area contributed by atoms with Crippen molar-refractivity contribution in [2.24, 2.45) is 5.10 Å². The number of hydrazone groups is 1. The van der Waals surface area contributed by atoms with Crippen LogP contribution in [-0.2, 0) is 11.4 Å². The molecule has 1 heterocycles. The summed E-state index contributed by atoms with van der Waals surface area (Å²) in [6, 6.07) is 22.0. The van der Waals surface area contributed by atoms with Crippen LogP contribution in [0.3, 0.4) is 0 Å². The first-order valence-electron chi connectivity index (χ1n) is 10.6. The van der Waals surface area contributed by atoms with Crippen molar-refractivity contribution >= 4 is 50.6 Å². The van der Waals surface area contributed by atoms with Crippen molar-refractivity contribution in [3.63, 3.8) is 0 Å². The molecule has 0 aliphatic carbocycles. The summed E-state index contributed by atoms with van der Waals surface area (Å²) in [5, 5.41) is 7.03. The molecular formula is C26H23BrN4O2S. The number of hydrogen-bond acceptors (Lipinski definition) is 6. The number of halogens is 1. The molecule has 4 rings (SSSR count). The highest BCUT2D eigenvalue weighted by Gasteiger charge is 2.08. The summed E-state index contributed by atoms with van der Waals surface area (Å²) in [4.78, 5) is 20.9. The molecule has 0 bridgehead atoms. The summed E-state index contributed by atoms with van der Waals surface area (Å²) in [5.41, 5.74) is 6.16. The summed E-state index contributed by atoms with van der Waals surface area (Å²) >= 11 is 4.76. The first-order chi connectivity index (χ1) is 16.5. The minimum absolute atomic E-state index is 0.170. The molecule has 0 saturated heterocycles. The van der Waals surface area contributed by atoms with E-state index in [0.717, 1.165) is 32.4 Å². The van der Waals surface area contributed by atoms with Gasteiger partial charge in [-0.1, -0.05) is 70.2 Å². The number of fused-ring (bicyclic) bond motifs is 1. The van der Waals surface area contributed by atoms with E-state index in [1.165, 1.54) is 17.1 Å². The summed E-state index contributed by atoms with van der Waals surface area (Å²) < 4.78 is 7.02. The molecule has 8 heteroatoms. The Morgan fingerprint density at radius 2 is 1.82 bits per heavy atom. The highest BCUT2D eigenvalue weighted by molar-refractivity contribution is 9.10. The molecule has 0 radical (unpaired) electrons. The number of ether oxygens (including phenoxy) is 1. The quantitative estimate of drug-likeness (QED) is 0.133. The minimum Gasteiger partial charge on any atom is -0.488 e. The van der Waals surface area contributed by atoms with Crippen LogP contribution in [0.4, 0.5) is 0 Å². The standard InChI is InChI=1S/C26H23BrN4O2S/c1-17-12-18(2)30-26(29-17)34-16-25(32)31-28-14-21-13-22(27)10-11-24(21)33-15-20-8-5-7-19-6-3-4-9-23(19)20/h3-14H,15-16H2,1-2H3,(H,31,32). The van der Waals surface area contributed by atoms with Gasteiger partial charge < -0.3 is 4.74 Å². The van der Waals surface area contributed by atoms with Gasteiger partial charge in [-0.05, 0) is 54.4 Å². The third kappa shape index (κ3) is 6.42. The maximum atomic E-state index is 12.2. The topological polar surface area (TPSA) is 76.5 Å². The Balaban J connectivity index is 1.39. The third-order valence-corrected chi connectivity index (χ3v) is 6.26. The van der Waals surface area contributed by atoms with Gasteiger partial charge in [-0.2, -0.15) is 5.10 Å². The maximum Gasteiger partial charge on any atom is 0.250 e. The Bertz CT molecular complexity index is 1330. The monoisotopic (exact) mass is 534 g/mol. The lowest BCUT2D eigenvalue weighted by Crippen LogP contribution is -2.20. The smallest absolute Gasteiger partial charge is 0.250 e. The third-order valence-electron chi connectivity index (χ3n) is 4.92. The van der Waals surface area contributed by atoms with E-state index >= 15 is 0 Å². The van der Waals surface area contributed by atoms with E-state index in [9.17, 15) is 4.79 Å². The van der Waals surface area contributed by atoms with Crippen LogP contribution in [0.25, 0.3) is 10.8 Å². The van der Waals surface area contributed by atoms with Gasteiger partial charge in [0, 0.05) is 21.4 Å². The molecule has 0 aliphatic heterocycles. The Hall–Kier alpha value is -3.23. The molecule has 0 fully saturated rings.